The number of methoxy groups -OCH3 is 1. The Morgan fingerprint density at radius 1 is 1.05 bits per heavy atom. The molecule has 0 saturated heterocycles. The summed E-state index contributed by atoms with van der Waals surface area (Å²) in [6.07, 6.45) is 10.5. The average molecular weight is 546 g/mol. The fourth-order valence-electron chi connectivity index (χ4n) is 10.2. The molecule has 6 rings (SSSR count). The van der Waals surface area contributed by atoms with Gasteiger partial charge in [0, 0.05) is 24.4 Å². The molecule has 0 aliphatic heterocycles. The maximum Gasteiger partial charge on any atom is 0.242 e. The molecular weight excluding hydrogens is 502 g/mol. The topological polar surface area (TPSA) is 86.7 Å². The molecule has 5 aliphatic rings. The Bertz CT molecular complexity index is 1380. The first-order chi connectivity index (χ1) is 18.8. The number of aromatic nitrogens is 2. The molecule has 8 atom stereocenters. The number of Topliss-reactive ketones (excluding diaryl/α,β-unsaturated/α-hetero) is 1. The summed E-state index contributed by atoms with van der Waals surface area (Å²) in [6.45, 7) is 21.5. The van der Waals surface area contributed by atoms with Gasteiger partial charge in [-0.2, -0.15) is 0 Å². The second-order valence-electron chi connectivity index (χ2n) is 15.0. The van der Waals surface area contributed by atoms with Crippen LogP contribution in [0.5, 0.6) is 0 Å². The molecule has 40 heavy (non-hydrogen) atoms. The van der Waals surface area contributed by atoms with E-state index in [9.17, 15) is 9.59 Å². The molecule has 0 N–H and O–H groups in total. The van der Waals surface area contributed by atoms with Crippen LogP contribution in [0, 0.1) is 51.9 Å². The lowest BCUT2D eigenvalue weighted by atomic mass is 9.35. The molecule has 3 fully saturated rings. The standard InChI is InChI=1S/C33H43N3O4/c1-19-20-9-10-31(5)24(30(20,4)17-22(34-7)27(19)38)15-23(37)26-21-16-29(2,3)11-13-33(21,14-12-32(26,31)6)28-36-35-25(40-28)18-39-8/h15,17,19-21,26H,9-14,16,18H2,1-6,8H3/t19-,20-,21-,26-,30-,31+,32+,33-/m0/s1. The first-order valence-corrected chi connectivity index (χ1v) is 15.0. The van der Waals surface area contributed by atoms with Gasteiger partial charge < -0.3 is 13.9 Å². The van der Waals surface area contributed by atoms with Gasteiger partial charge in [-0.05, 0) is 79.1 Å². The fourth-order valence-corrected chi connectivity index (χ4v) is 10.2. The van der Waals surface area contributed by atoms with Crippen LogP contribution in [-0.4, -0.2) is 28.9 Å². The summed E-state index contributed by atoms with van der Waals surface area (Å²) in [5, 5.41) is 8.88. The van der Waals surface area contributed by atoms with Crippen LogP contribution in [0.15, 0.2) is 27.8 Å². The zero-order valence-electron chi connectivity index (χ0n) is 25.1. The van der Waals surface area contributed by atoms with Gasteiger partial charge >= 0.3 is 0 Å². The van der Waals surface area contributed by atoms with Crippen LogP contribution in [-0.2, 0) is 26.3 Å². The summed E-state index contributed by atoms with van der Waals surface area (Å²) in [5.41, 5.74) is 0.217. The molecule has 0 aromatic carbocycles. The summed E-state index contributed by atoms with van der Waals surface area (Å²) in [4.78, 5) is 31.2. The predicted molar refractivity (Wildman–Crippen MR) is 150 cm³/mol. The lowest BCUT2D eigenvalue weighted by molar-refractivity contribution is -0.159. The molecule has 0 amide bonds. The Morgan fingerprint density at radius 2 is 1.77 bits per heavy atom. The molecule has 5 aliphatic carbocycles. The molecule has 0 spiro atoms. The van der Waals surface area contributed by atoms with E-state index in [1.54, 1.807) is 7.11 Å². The quantitative estimate of drug-likeness (QED) is 0.395. The Hall–Kier alpha value is -2.59. The first kappa shape index (κ1) is 27.6. The zero-order valence-corrected chi connectivity index (χ0v) is 25.1. The number of rotatable bonds is 3. The third kappa shape index (κ3) is 3.44. The molecular formula is C33H43N3O4. The number of hydrogen-bond donors (Lipinski definition) is 0. The van der Waals surface area contributed by atoms with Crippen LogP contribution >= 0.6 is 0 Å². The van der Waals surface area contributed by atoms with E-state index in [0.717, 1.165) is 50.5 Å². The van der Waals surface area contributed by atoms with Crippen LogP contribution < -0.4 is 0 Å². The molecule has 1 heterocycles. The van der Waals surface area contributed by atoms with E-state index in [-0.39, 0.29) is 69.2 Å². The lowest BCUT2D eigenvalue weighted by Gasteiger charge is -2.68. The summed E-state index contributed by atoms with van der Waals surface area (Å²) in [7, 11) is 1.62. The maximum atomic E-state index is 14.6. The molecule has 214 valence electrons. The minimum Gasteiger partial charge on any atom is -0.422 e. The minimum atomic E-state index is -0.480. The second kappa shape index (κ2) is 8.71. The number of allylic oxidation sites excluding steroid dienone is 4. The van der Waals surface area contributed by atoms with Gasteiger partial charge in [-0.1, -0.05) is 53.2 Å². The van der Waals surface area contributed by atoms with Crippen molar-refractivity contribution in [2.45, 2.75) is 98.5 Å². The van der Waals surface area contributed by atoms with Crippen LogP contribution in [0.1, 0.15) is 98.3 Å². The number of hydrogen-bond acceptors (Lipinski definition) is 6. The third-order valence-corrected chi connectivity index (χ3v) is 12.7. The SMILES string of the molecule is [C-]#[N+]C1=C[C@]2(C)C3=CC(=O)[C@@H]4[C@@H]5CC(C)(C)CC[C@]5(c5nnc(COC)o5)CC[C@@]4(C)[C@]3(C)CC[C@H]2[C@H](C)C1=O. The summed E-state index contributed by atoms with van der Waals surface area (Å²) >= 11 is 0. The fraction of sp³-hybridized carbons (Fsp3) is 0.727. The highest BCUT2D eigenvalue weighted by Crippen LogP contribution is 2.73. The van der Waals surface area contributed by atoms with Crippen LogP contribution in [0.3, 0.4) is 0 Å². The average Bonchev–Trinajstić information content (AvgIpc) is 3.37. The second-order valence-corrected chi connectivity index (χ2v) is 15.0. The Kier molecular flexibility index (Phi) is 6.00. The van der Waals surface area contributed by atoms with E-state index in [0.29, 0.717) is 11.8 Å². The summed E-state index contributed by atoms with van der Waals surface area (Å²) in [5.74, 6) is 1.14. The summed E-state index contributed by atoms with van der Waals surface area (Å²) < 4.78 is 11.5. The van der Waals surface area contributed by atoms with Crippen LogP contribution in [0.2, 0.25) is 0 Å². The van der Waals surface area contributed by atoms with Gasteiger partial charge in [-0.25, -0.2) is 4.85 Å². The number of carbonyl (C=O) groups excluding carboxylic acids is 2. The van der Waals surface area contributed by atoms with Gasteiger partial charge in [0.1, 0.15) is 6.61 Å². The Balaban J connectivity index is 1.50. The molecule has 7 nitrogen and oxygen atoms in total. The van der Waals surface area contributed by atoms with Crippen molar-refractivity contribution in [2.24, 2.45) is 45.3 Å². The van der Waals surface area contributed by atoms with Gasteiger partial charge in [-0.3, -0.25) is 4.79 Å². The number of ether oxygens (including phenoxy) is 1. The Labute approximate surface area is 238 Å². The van der Waals surface area contributed by atoms with Crippen molar-refractivity contribution >= 4 is 11.6 Å². The van der Waals surface area contributed by atoms with Crippen molar-refractivity contribution in [3.8, 4) is 0 Å². The first-order valence-electron chi connectivity index (χ1n) is 15.0. The van der Waals surface area contributed by atoms with Crippen LogP contribution in [0.4, 0.5) is 0 Å². The molecule has 1 aromatic heterocycles. The molecule has 1 aromatic rings. The maximum absolute atomic E-state index is 14.6. The third-order valence-electron chi connectivity index (χ3n) is 12.7. The van der Waals surface area contributed by atoms with E-state index in [1.165, 1.54) is 0 Å². The van der Waals surface area contributed by atoms with E-state index in [1.807, 2.05) is 19.1 Å². The molecule has 0 bridgehead atoms. The van der Waals surface area contributed by atoms with E-state index in [2.05, 4.69) is 49.7 Å². The molecule has 7 heteroatoms. The van der Waals surface area contributed by atoms with Crippen LogP contribution in [0.25, 0.3) is 4.85 Å². The number of nitrogens with zero attached hydrogens (tertiary/aromatic N) is 3. The van der Waals surface area contributed by atoms with Gasteiger partial charge in [0.05, 0.1) is 12.0 Å². The predicted octanol–water partition coefficient (Wildman–Crippen LogP) is 6.65. The van der Waals surface area contributed by atoms with Gasteiger partial charge in [0.2, 0.25) is 17.5 Å². The smallest absolute Gasteiger partial charge is 0.242 e. The number of carbonyl (C=O) groups is 2. The monoisotopic (exact) mass is 545 g/mol. The number of ketones is 2. The summed E-state index contributed by atoms with van der Waals surface area (Å²) in [6, 6.07) is 0. The largest absolute Gasteiger partial charge is 0.422 e. The molecule has 0 radical (unpaired) electrons. The Morgan fingerprint density at radius 3 is 2.48 bits per heavy atom. The van der Waals surface area contributed by atoms with Gasteiger partial charge in [0.25, 0.3) is 0 Å². The molecule has 0 unspecified atom stereocenters. The zero-order chi connectivity index (χ0) is 28.9. The van der Waals surface area contributed by atoms with E-state index in [4.69, 9.17) is 15.7 Å². The van der Waals surface area contributed by atoms with E-state index < -0.39 is 5.41 Å². The van der Waals surface area contributed by atoms with E-state index >= 15 is 0 Å². The minimum absolute atomic E-state index is 0.0489. The lowest BCUT2D eigenvalue weighted by Crippen LogP contribution is -2.65. The van der Waals surface area contributed by atoms with Crippen molar-refractivity contribution in [3.05, 3.63) is 46.6 Å². The van der Waals surface area contributed by atoms with Crippen molar-refractivity contribution in [1.82, 2.24) is 10.2 Å². The molecule has 3 saturated carbocycles. The van der Waals surface area contributed by atoms with Crippen molar-refractivity contribution in [3.63, 3.8) is 0 Å². The highest BCUT2D eigenvalue weighted by Gasteiger charge is 2.70. The van der Waals surface area contributed by atoms with Crippen molar-refractivity contribution in [1.29, 1.82) is 0 Å². The number of fused-ring (bicyclic) bond motifs is 7. The van der Waals surface area contributed by atoms with Gasteiger partial charge in [-0.15, -0.1) is 10.2 Å². The van der Waals surface area contributed by atoms with Crippen molar-refractivity contribution in [2.75, 3.05) is 7.11 Å². The normalized spacial score (nSPS) is 43.9. The highest BCUT2D eigenvalue weighted by atomic mass is 16.5. The van der Waals surface area contributed by atoms with Gasteiger partial charge in [0.15, 0.2) is 11.6 Å². The van der Waals surface area contributed by atoms with Crippen molar-refractivity contribution < 1.29 is 18.7 Å². The highest BCUT2D eigenvalue weighted by molar-refractivity contribution is 6.01.